The zero-order chi connectivity index (χ0) is 9.97. The number of hydrogen-bond acceptors (Lipinski definition) is 4. The van der Waals surface area contributed by atoms with Crippen LogP contribution in [0.5, 0.6) is 0 Å². The van der Waals surface area contributed by atoms with Gasteiger partial charge in [-0.1, -0.05) is 6.92 Å². The Labute approximate surface area is 83.9 Å². The van der Waals surface area contributed by atoms with Gasteiger partial charge in [0.25, 0.3) is 0 Å². The Morgan fingerprint density at radius 1 is 1.50 bits per heavy atom. The Bertz CT molecular complexity index is 291. The molecule has 4 nitrogen and oxygen atoms in total. The molecule has 0 aromatic carbocycles. The lowest BCUT2D eigenvalue weighted by atomic mass is 10.1. The summed E-state index contributed by atoms with van der Waals surface area (Å²) in [6.07, 6.45) is 6.01. The zero-order valence-corrected chi connectivity index (χ0v) is 8.40. The molecule has 1 aromatic heterocycles. The maximum atomic E-state index is 5.49. The van der Waals surface area contributed by atoms with Gasteiger partial charge in [0.15, 0.2) is 0 Å². The Balaban J connectivity index is 1.82. The van der Waals surface area contributed by atoms with E-state index in [1.165, 1.54) is 12.8 Å². The van der Waals surface area contributed by atoms with Crippen LogP contribution in [-0.2, 0) is 0 Å². The second-order valence-electron chi connectivity index (χ2n) is 4.04. The average Bonchev–Trinajstić information content (AvgIpc) is 3.00. The van der Waals surface area contributed by atoms with Gasteiger partial charge < -0.3 is 11.1 Å². The molecule has 0 saturated heterocycles. The lowest BCUT2D eigenvalue weighted by Crippen LogP contribution is -2.14. The highest BCUT2D eigenvalue weighted by atomic mass is 15.1. The van der Waals surface area contributed by atoms with Crippen molar-refractivity contribution in [1.29, 1.82) is 0 Å². The minimum Gasteiger partial charge on any atom is -0.396 e. The van der Waals surface area contributed by atoms with E-state index >= 15 is 0 Å². The second kappa shape index (κ2) is 3.82. The number of rotatable bonds is 4. The van der Waals surface area contributed by atoms with Crippen molar-refractivity contribution in [3.05, 3.63) is 12.4 Å². The number of hydrogen-bond donors (Lipinski definition) is 2. The lowest BCUT2D eigenvalue weighted by molar-refractivity contribution is 0.535. The summed E-state index contributed by atoms with van der Waals surface area (Å²) >= 11 is 0. The van der Waals surface area contributed by atoms with E-state index in [1.807, 2.05) is 0 Å². The van der Waals surface area contributed by atoms with E-state index in [1.54, 1.807) is 12.4 Å². The standard InChI is InChI=1S/C10H16N4/c1-7(8-2-3-8)4-12-10-13-5-9(11)6-14-10/h5-8H,2-4,11H2,1H3,(H,12,13,14). The van der Waals surface area contributed by atoms with Crippen LogP contribution in [0.3, 0.4) is 0 Å². The summed E-state index contributed by atoms with van der Waals surface area (Å²) in [6, 6.07) is 0. The van der Waals surface area contributed by atoms with Crippen molar-refractivity contribution in [2.75, 3.05) is 17.6 Å². The molecule has 76 valence electrons. The quantitative estimate of drug-likeness (QED) is 0.759. The fourth-order valence-electron chi connectivity index (χ4n) is 1.51. The van der Waals surface area contributed by atoms with E-state index in [4.69, 9.17) is 5.73 Å². The molecule has 1 fully saturated rings. The molecule has 4 heteroatoms. The molecule has 1 unspecified atom stereocenters. The van der Waals surface area contributed by atoms with Gasteiger partial charge in [0.2, 0.25) is 5.95 Å². The second-order valence-corrected chi connectivity index (χ2v) is 4.04. The molecule has 1 saturated carbocycles. The summed E-state index contributed by atoms with van der Waals surface area (Å²) in [6.45, 7) is 3.22. The first kappa shape index (κ1) is 9.24. The molecule has 1 aliphatic carbocycles. The zero-order valence-electron chi connectivity index (χ0n) is 8.40. The molecule has 0 bridgehead atoms. The fourth-order valence-corrected chi connectivity index (χ4v) is 1.51. The summed E-state index contributed by atoms with van der Waals surface area (Å²) < 4.78 is 0. The Kier molecular flexibility index (Phi) is 2.52. The van der Waals surface area contributed by atoms with Gasteiger partial charge >= 0.3 is 0 Å². The Morgan fingerprint density at radius 2 is 2.14 bits per heavy atom. The Morgan fingerprint density at radius 3 is 2.71 bits per heavy atom. The van der Waals surface area contributed by atoms with Crippen molar-refractivity contribution in [3.8, 4) is 0 Å². The lowest BCUT2D eigenvalue weighted by Gasteiger charge is -2.10. The molecule has 1 heterocycles. The number of nitrogens with two attached hydrogens (primary N) is 1. The van der Waals surface area contributed by atoms with Crippen LogP contribution < -0.4 is 11.1 Å². The molecule has 0 amide bonds. The fraction of sp³-hybridized carbons (Fsp3) is 0.600. The van der Waals surface area contributed by atoms with Crippen molar-refractivity contribution in [2.45, 2.75) is 19.8 Å². The first-order valence-corrected chi connectivity index (χ1v) is 5.07. The molecule has 0 spiro atoms. The SMILES string of the molecule is CC(CNc1ncc(N)cn1)C1CC1. The summed E-state index contributed by atoms with van der Waals surface area (Å²) in [5.41, 5.74) is 6.09. The predicted molar refractivity (Wildman–Crippen MR) is 56.8 cm³/mol. The van der Waals surface area contributed by atoms with E-state index in [9.17, 15) is 0 Å². The molecule has 0 radical (unpaired) electrons. The van der Waals surface area contributed by atoms with Crippen LogP contribution in [0.2, 0.25) is 0 Å². The van der Waals surface area contributed by atoms with Crippen LogP contribution in [0.4, 0.5) is 11.6 Å². The smallest absolute Gasteiger partial charge is 0.222 e. The molecule has 14 heavy (non-hydrogen) atoms. The van der Waals surface area contributed by atoms with E-state index in [-0.39, 0.29) is 0 Å². The number of nitrogen functional groups attached to an aromatic ring is 1. The van der Waals surface area contributed by atoms with Crippen molar-refractivity contribution >= 4 is 11.6 Å². The summed E-state index contributed by atoms with van der Waals surface area (Å²) in [7, 11) is 0. The van der Waals surface area contributed by atoms with Gasteiger partial charge in [0.1, 0.15) is 0 Å². The highest BCUT2D eigenvalue weighted by Gasteiger charge is 2.27. The summed E-state index contributed by atoms with van der Waals surface area (Å²) in [5.74, 6) is 2.30. The minimum absolute atomic E-state index is 0.603. The maximum absolute atomic E-state index is 5.49. The number of aromatic nitrogens is 2. The molecule has 3 N–H and O–H groups in total. The average molecular weight is 192 g/mol. The van der Waals surface area contributed by atoms with Gasteiger partial charge in [-0.2, -0.15) is 0 Å². The molecule has 1 aliphatic rings. The van der Waals surface area contributed by atoms with Gasteiger partial charge in [-0.15, -0.1) is 0 Å². The van der Waals surface area contributed by atoms with Crippen molar-refractivity contribution in [3.63, 3.8) is 0 Å². The molecule has 2 rings (SSSR count). The van der Waals surface area contributed by atoms with Crippen LogP contribution >= 0.6 is 0 Å². The maximum Gasteiger partial charge on any atom is 0.222 e. The third-order valence-corrected chi connectivity index (χ3v) is 2.68. The third kappa shape index (κ3) is 2.34. The van der Waals surface area contributed by atoms with E-state index in [0.717, 1.165) is 18.4 Å². The number of nitrogens with zero attached hydrogens (tertiary/aromatic N) is 2. The highest BCUT2D eigenvalue weighted by Crippen LogP contribution is 2.36. The summed E-state index contributed by atoms with van der Waals surface area (Å²) in [5, 5.41) is 3.22. The first-order chi connectivity index (χ1) is 6.75. The van der Waals surface area contributed by atoms with Crippen LogP contribution in [0.25, 0.3) is 0 Å². The Hall–Kier alpha value is -1.32. The van der Waals surface area contributed by atoms with Crippen LogP contribution in [0.15, 0.2) is 12.4 Å². The normalized spacial score (nSPS) is 17.8. The number of nitrogens with one attached hydrogen (secondary N) is 1. The van der Waals surface area contributed by atoms with Crippen LogP contribution in [0, 0.1) is 11.8 Å². The summed E-state index contributed by atoms with van der Waals surface area (Å²) in [4.78, 5) is 8.17. The van der Waals surface area contributed by atoms with E-state index in [0.29, 0.717) is 11.6 Å². The largest absolute Gasteiger partial charge is 0.396 e. The molecular formula is C10H16N4. The van der Waals surface area contributed by atoms with Crippen molar-refractivity contribution < 1.29 is 0 Å². The van der Waals surface area contributed by atoms with Gasteiger partial charge in [-0.05, 0) is 24.7 Å². The van der Waals surface area contributed by atoms with Crippen molar-refractivity contribution in [1.82, 2.24) is 9.97 Å². The van der Waals surface area contributed by atoms with E-state index < -0.39 is 0 Å². The topological polar surface area (TPSA) is 63.8 Å². The van der Waals surface area contributed by atoms with Crippen LogP contribution in [-0.4, -0.2) is 16.5 Å². The van der Waals surface area contributed by atoms with Gasteiger partial charge in [0.05, 0.1) is 18.1 Å². The van der Waals surface area contributed by atoms with Gasteiger partial charge in [-0.25, -0.2) is 9.97 Å². The van der Waals surface area contributed by atoms with E-state index in [2.05, 4.69) is 22.2 Å². The molecular weight excluding hydrogens is 176 g/mol. The molecule has 1 aromatic rings. The molecule has 1 atom stereocenters. The predicted octanol–water partition coefficient (Wildman–Crippen LogP) is 1.52. The van der Waals surface area contributed by atoms with Gasteiger partial charge in [0, 0.05) is 6.54 Å². The highest BCUT2D eigenvalue weighted by molar-refractivity contribution is 5.35. The molecule has 0 aliphatic heterocycles. The number of anilines is 2. The minimum atomic E-state index is 0.603. The monoisotopic (exact) mass is 192 g/mol. The third-order valence-electron chi connectivity index (χ3n) is 2.68. The van der Waals surface area contributed by atoms with Crippen molar-refractivity contribution in [2.24, 2.45) is 11.8 Å². The first-order valence-electron chi connectivity index (χ1n) is 5.07. The van der Waals surface area contributed by atoms with Gasteiger partial charge in [-0.3, -0.25) is 0 Å². The van der Waals surface area contributed by atoms with Crippen LogP contribution in [0.1, 0.15) is 19.8 Å².